The number of halogens is 2. The predicted molar refractivity (Wildman–Crippen MR) is 105 cm³/mol. The molecule has 1 N–H and O–H groups in total. The fraction of sp³-hybridized carbons (Fsp3) is 0.500. The van der Waals surface area contributed by atoms with E-state index in [2.05, 4.69) is 10.4 Å². The van der Waals surface area contributed by atoms with Gasteiger partial charge in [-0.1, -0.05) is 31.9 Å². The van der Waals surface area contributed by atoms with Crippen LogP contribution in [0.3, 0.4) is 0 Å². The summed E-state index contributed by atoms with van der Waals surface area (Å²) in [5, 5.41) is 7.00. The summed E-state index contributed by atoms with van der Waals surface area (Å²) in [6.07, 6.45) is 4.66. The fourth-order valence-electron chi connectivity index (χ4n) is 2.71. The molecule has 2 aromatic rings. The van der Waals surface area contributed by atoms with E-state index in [9.17, 15) is 9.18 Å². The minimum absolute atomic E-state index is 0.0875. The predicted octanol–water partition coefficient (Wildman–Crippen LogP) is 4.23. The molecule has 0 aliphatic rings. The molecule has 1 amide bonds. The Morgan fingerprint density at radius 3 is 2.78 bits per heavy atom. The number of hydrogen-bond donors (Lipinski definition) is 1. The zero-order valence-corrected chi connectivity index (χ0v) is 16.7. The molecule has 0 radical (unpaired) electrons. The van der Waals surface area contributed by atoms with Crippen molar-refractivity contribution in [1.82, 2.24) is 15.1 Å². The van der Waals surface area contributed by atoms with Crippen LogP contribution in [0.25, 0.3) is 0 Å². The Bertz CT molecular complexity index is 749. The van der Waals surface area contributed by atoms with Crippen LogP contribution in [0.15, 0.2) is 24.3 Å². The van der Waals surface area contributed by atoms with Crippen molar-refractivity contribution in [2.75, 3.05) is 12.5 Å². The highest BCUT2D eigenvalue weighted by molar-refractivity contribution is 6.17. The minimum Gasteiger partial charge on any atom is -0.491 e. The molecule has 0 spiro atoms. The number of hydrogen-bond acceptors (Lipinski definition) is 3. The van der Waals surface area contributed by atoms with Crippen LogP contribution in [0.1, 0.15) is 54.4 Å². The molecular formula is C20H27ClFN3O2. The van der Waals surface area contributed by atoms with Gasteiger partial charge < -0.3 is 10.1 Å². The molecule has 1 aromatic heterocycles. The molecular weight excluding hydrogens is 369 g/mol. The Hall–Kier alpha value is -2.08. The van der Waals surface area contributed by atoms with Gasteiger partial charge in [0, 0.05) is 25.0 Å². The lowest BCUT2D eigenvalue weighted by molar-refractivity contribution is 0.0941. The molecule has 7 heteroatoms. The summed E-state index contributed by atoms with van der Waals surface area (Å²) < 4.78 is 21.7. The molecule has 0 unspecified atom stereocenters. The quantitative estimate of drug-likeness (QED) is 0.457. The van der Waals surface area contributed by atoms with Crippen molar-refractivity contribution in [3.8, 4) is 5.75 Å². The Morgan fingerprint density at radius 1 is 1.30 bits per heavy atom. The number of alkyl halides is 1. The third-order valence-electron chi connectivity index (χ3n) is 4.29. The first kappa shape index (κ1) is 21.2. The second-order valence-electron chi connectivity index (χ2n) is 6.36. The van der Waals surface area contributed by atoms with E-state index >= 15 is 0 Å². The molecule has 0 saturated carbocycles. The molecule has 1 aromatic carbocycles. The number of aromatic nitrogens is 2. The van der Waals surface area contributed by atoms with Gasteiger partial charge in [0.05, 0.1) is 12.3 Å². The van der Waals surface area contributed by atoms with Gasteiger partial charge in [-0.2, -0.15) is 5.10 Å². The first-order valence-electron chi connectivity index (χ1n) is 9.34. The van der Waals surface area contributed by atoms with E-state index in [-0.39, 0.29) is 18.2 Å². The Kier molecular flexibility index (Phi) is 8.58. The smallest absolute Gasteiger partial charge is 0.269 e. The maximum absolute atomic E-state index is 14.6. The molecule has 0 saturated heterocycles. The summed E-state index contributed by atoms with van der Waals surface area (Å²) in [6.45, 7) is 2.52. The normalized spacial score (nSPS) is 10.8. The highest BCUT2D eigenvalue weighted by atomic mass is 35.5. The van der Waals surface area contributed by atoms with Crippen molar-refractivity contribution in [3.05, 3.63) is 47.0 Å². The van der Waals surface area contributed by atoms with Crippen LogP contribution in [0.4, 0.5) is 4.39 Å². The molecule has 0 aliphatic carbocycles. The number of aryl methyl sites for hydroxylation is 2. The SMILES string of the molecule is CCc1cc(C(=O)NCc2cccc(OCCCCCCCl)c2F)n(C)n1. The van der Waals surface area contributed by atoms with E-state index in [0.717, 1.165) is 37.8 Å². The fourth-order valence-corrected chi connectivity index (χ4v) is 2.90. The Labute approximate surface area is 164 Å². The molecule has 148 valence electrons. The zero-order chi connectivity index (χ0) is 19.6. The topological polar surface area (TPSA) is 56.1 Å². The summed E-state index contributed by atoms with van der Waals surface area (Å²) >= 11 is 5.64. The number of nitrogens with one attached hydrogen (secondary N) is 1. The van der Waals surface area contributed by atoms with Crippen LogP contribution in [-0.2, 0) is 20.0 Å². The van der Waals surface area contributed by atoms with Gasteiger partial charge in [0.1, 0.15) is 5.69 Å². The van der Waals surface area contributed by atoms with Crippen molar-refractivity contribution < 1.29 is 13.9 Å². The summed E-state index contributed by atoms with van der Waals surface area (Å²) in [6, 6.07) is 6.72. The lowest BCUT2D eigenvalue weighted by Gasteiger charge is -2.11. The van der Waals surface area contributed by atoms with Gasteiger partial charge in [0.15, 0.2) is 11.6 Å². The first-order chi connectivity index (χ1) is 13.1. The van der Waals surface area contributed by atoms with Crippen LogP contribution in [-0.4, -0.2) is 28.2 Å². The largest absolute Gasteiger partial charge is 0.491 e. The van der Waals surface area contributed by atoms with Crippen molar-refractivity contribution in [2.45, 2.75) is 45.6 Å². The minimum atomic E-state index is -0.433. The van der Waals surface area contributed by atoms with Crippen molar-refractivity contribution in [2.24, 2.45) is 7.05 Å². The Morgan fingerprint density at radius 2 is 2.07 bits per heavy atom. The first-order valence-corrected chi connectivity index (χ1v) is 9.87. The van der Waals surface area contributed by atoms with Crippen LogP contribution in [0.2, 0.25) is 0 Å². The number of carbonyl (C=O) groups is 1. The van der Waals surface area contributed by atoms with Crippen molar-refractivity contribution >= 4 is 17.5 Å². The van der Waals surface area contributed by atoms with Gasteiger partial charge in [-0.05, 0) is 31.4 Å². The number of ether oxygens (including phenoxy) is 1. The third kappa shape index (κ3) is 6.24. The molecule has 5 nitrogen and oxygen atoms in total. The molecule has 1 heterocycles. The lowest BCUT2D eigenvalue weighted by atomic mass is 10.2. The summed E-state index contributed by atoms with van der Waals surface area (Å²) in [5.74, 6) is 0.169. The molecule has 2 rings (SSSR count). The number of benzene rings is 1. The van der Waals surface area contributed by atoms with Crippen molar-refractivity contribution in [1.29, 1.82) is 0 Å². The zero-order valence-electron chi connectivity index (χ0n) is 15.9. The summed E-state index contributed by atoms with van der Waals surface area (Å²) in [5.41, 5.74) is 1.69. The number of carbonyl (C=O) groups excluding carboxylic acids is 1. The van der Waals surface area contributed by atoms with Gasteiger partial charge >= 0.3 is 0 Å². The number of amides is 1. The summed E-state index contributed by atoms with van der Waals surface area (Å²) in [7, 11) is 1.72. The van der Waals surface area contributed by atoms with E-state index in [1.165, 1.54) is 4.68 Å². The Balaban J connectivity index is 1.89. The van der Waals surface area contributed by atoms with Crippen LogP contribution >= 0.6 is 11.6 Å². The third-order valence-corrected chi connectivity index (χ3v) is 4.56. The second-order valence-corrected chi connectivity index (χ2v) is 6.74. The van der Waals surface area contributed by atoms with Gasteiger partial charge in [-0.3, -0.25) is 9.48 Å². The van der Waals surface area contributed by atoms with Crippen molar-refractivity contribution in [3.63, 3.8) is 0 Å². The van der Waals surface area contributed by atoms with Crippen LogP contribution in [0, 0.1) is 5.82 Å². The maximum atomic E-state index is 14.6. The molecule has 0 bridgehead atoms. The number of unbranched alkanes of at least 4 members (excludes halogenated alkanes) is 3. The highest BCUT2D eigenvalue weighted by Crippen LogP contribution is 2.21. The van der Waals surface area contributed by atoms with Gasteiger partial charge in [0.25, 0.3) is 5.91 Å². The van der Waals surface area contributed by atoms with Crippen LogP contribution < -0.4 is 10.1 Å². The molecule has 0 aliphatic heterocycles. The monoisotopic (exact) mass is 395 g/mol. The van der Waals surface area contributed by atoms with Gasteiger partial charge in [0.2, 0.25) is 0 Å². The molecule has 27 heavy (non-hydrogen) atoms. The van der Waals surface area contributed by atoms with E-state index < -0.39 is 5.82 Å². The average Bonchev–Trinajstić information content (AvgIpc) is 3.05. The van der Waals surface area contributed by atoms with E-state index in [1.54, 1.807) is 31.3 Å². The molecule has 0 atom stereocenters. The second kappa shape index (κ2) is 10.9. The summed E-state index contributed by atoms with van der Waals surface area (Å²) in [4.78, 5) is 12.3. The van der Waals surface area contributed by atoms with E-state index in [4.69, 9.17) is 16.3 Å². The van der Waals surface area contributed by atoms with Gasteiger partial charge in [-0.25, -0.2) is 4.39 Å². The number of nitrogens with zero attached hydrogens (tertiary/aromatic N) is 2. The standard InChI is InChI=1S/C20H27ClFN3O2/c1-3-16-13-17(25(2)24-16)20(26)23-14-15-9-8-10-18(19(15)22)27-12-7-5-4-6-11-21/h8-10,13H,3-7,11-12,14H2,1-2H3,(H,23,26). The van der Waals surface area contributed by atoms with Crippen LogP contribution in [0.5, 0.6) is 5.75 Å². The van der Waals surface area contributed by atoms with Gasteiger partial charge in [-0.15, -0.1) is 11.6 Å². The number of rotatable bonds is 11. The van der Waals surface area contributed by atoms with E-state index in [0.29, 0.717) is 23.7 Å². The average molecular weight is 396 g/mol. The maximum Gasteiger partial charge on any atom is 0.269 e. The van der Waals surface area contributed by atoms with E-state index in [1.807, 2.05) is 6.92 Å². The lowest BCUT2D eigenvalue weighted by Crippen LogP contribution is -2.25. The molecule has 0 fully saturated rings. The highest BCUT2D eigenvalue weighted by Gasteiger charge is 2.14.